The van der Waals surface area contributed by atoms with Crippen LogP contribution in [0.3, 0.4) is 0 Å². The Kier molecular flexibility index (Phi) is 10.4. The molecule has 0 saturated heterocycles. The second kappa shape index (κ2) is 12.6. The van der Waals surface area contributed by atoms with Crippen molar-refractivity contribution in [1.82, 2.24) is 5.32 Å². The van der Waals surface area contributed by atoms with Crippen LogP contribution in [-0.4, -0.2) is 43.5 Å². The topological polar surface area (TPSA) is 144 Å². The normalized spacial score (nSPS) is 11.4. The van der Waals surface area contributed by atoms with E-state index in [2.05, 4.69) is 10.6 Å². The number of unbranched alkanes of at least 4 members (excludes halogenated alkanes) is 3. The van der Waals surface area contributed by atoms with E-state index in [4.69, 9.17) is 11.5 Å². The highest BCUT2D eigenvalue weighted by atomic mass is 16.2. The Labute approximate surface area is 159 Å². The first kappa shape index (κ1) is 22.3. The first-order valence-corrected chi connectivity index (χ1v) is 9.10. The minimum atomic E-state index is -0.964. The number of carbonyl (C=O) groups excluding carboxylic acids is 4. The van der Waals surface area contributed by atoms with Gasteiger partial charge in [0.25, 0.3) is 5.91 Å². The van der Waals surface area contributed by atoms with Crippen molar-refractivity contribution in [3.8, 4) is 0 Å². The number of benzene rings is 1. The van der Waals surface area contributed by atoms with Gasteiger partial charge in [0.15, 0.2) is 6.29 Å². The summed E-state index contributed by atoms with van der Waals surface area (Å²) in [6.07, 6.45) is 5.60. The Balaban J connectivity index is 2.69. The summed E-state index contributed by atoms with van der Waals surface area (Å²) in [6, 6.07) is 3.85. The van der Waals surface area contributed by atoms with Gasteiger partial charge in [-0.15, -0.1) is 0 Å². The number of hydrogen-bond acceptors (Lipinski definition) is 6. The van der Waals surface area contributed by atoms with Crippen molar-refractivity contribution in [2.75, 3.05) is 18.4 Å². The second-order valence-electron chi connectivity index (χ2n) is 6.22. The number of anilines is 1. The summed E-state index contributed by atoms with van der Waals surface area (Å²) in [6.45, 7) is 1.45. The molecule has 1 aromatic rings. The fourth-order valence-electron chi connectivity index (χ4n) is 2.59. The highest BCUT2D eigenvalue weighted by Gasteiger charge is 2.20. The summed E-state index contributed by atoms with van der Waals surface area (Å²) >= 11 is 0. The van der Waals surface area contributed by atoms with Crippen molar-refractivity contribution in [3.05, 3.63) is 29.3 Å². The highest BCUT2D eigenvalue weighted by Crippen LogP contribution is 2.15. The van der Waals surface area contributed by atoms with Crippen molar-refractivity contribution < 1.29 is 19.2 Å². The lowest BCUT2D eigenvalue weighted by atomic mass is 10.0. The van der Waals surface area contributed by atoms with E-state index in [0.717, 1.165) is 37.9 Å². The van der Waals surface area contributed by atoms with Gasteiger partial charge in [-0.25, -0.2) is 0 Å². The van der Waals surface area contributed by atoms with E-state index >= 15 is 0 Å². The molecule has 0 aliphatic rings. The molecule has 2 amide bonds. The van der Waals surface area contributed by atoms with Gasteiger partial charge in [-0.2, -0.15) is 0 Å². The lowest BCUT2D eigenvalue weighted by molar-refractivity contribution is -0.120. The van der Waals surface area contributed by atoms with Crippen LogP contribution in [0.2, 0.25) is 0 Å². The van der Waals surface area contributed by atoms with Gasteiger partial charge in [0, 0.05) is 29.8 Å². The number of amides is 2. The van der Waals surface area contributed by atoms with Crippen molar-refractivity contribution in [3.63, 3.8) is 0 Å². The van der Waals surface area contributed by atoms with Crippen molar-refractivity contribution in [2.45, 2.75) is 44.6 Å². The van der Waals surface area contributed by atoms with E-state index in [-0.39, 0.29) is 24.0 Å². The zero-order valence-corrected chi connectivity index (χ0v) is 15.4. The molecule has 1 aromatic carbocycles. The van der Waals surface area contributed by atoms with Gasteiger partial charge in [0.05, 0.1) is 0 Å². The van der Waals surface area contributed by atoms with E-state index in [1.54, 1.807) is 12.1 Å². The molecular weight excluding hydrogens is 348 g/mol. The Morgan fingerprint density at radius 2 is 1.85 bits per heavy atom. The van der Waals surface area contributed by atoms with Crippen LogP contribution in [-0.2, 0) is 9.59 Å². The Bertz CT molecular complexity index is 649. The number of primary amides is 1. The molecule has 0 radical (unpaired) electrons. The summed E-state index contributed by atoms with van der Waals surface area (Å²) in [4.78, 5) is 45.6. The molecule has 6 N–H and O–H groups in total. The van der Waals surface area contributed by atoms with Crippen molar-refractivity contribution in [2.24, 2.45) is 11.5 Å². The molecule has 0 bridgehead atoms. The summed E-state index contributed by atoms with van der Waals surface area (Å²) in [7, 11) is 0. The summed E-state index contributed by atoms with van der Waals surface area (Å²) in [5.41, 5.74) is 11.8. The molecule has 0 aliphatic heterocycles. The summed E-state index contributed by atoms with van der Waals surface area (Å²) in [5, 5.41) is 5.69. The van der Waals surface area contributed by atoms with Crippen LogP contribution in [0.4, 0.5) is 5.69 Å². The molecule has 148 valence electrons. The zero-order chi connectivity index (χ0) is 20.1. The molecule has 0 saturated carbocycles. The highest BCUT2D eigenvalue weighted by molar-refractivity contribution is 6.03. The maximum atomic E-state index is 12.4. The average molecular weight is 376 g/mol. The molecule has 0 spiro atoms. The molecule has 0 heterocycles. The lowest BCUT2D eigenvalue weighted by Crippen LogP contribution is -2.44. The van der Waals surface area contributed by atoms with Gasteiger partial charge in [-0.1, -0.05) is 12.8 Å². The SMILES string of the molecule is NCCCCCCNc1ccc(C(=O)NC(CCC=O)C(N)=O)c(C=O)c1. The Morgan fingerprint density at radius 1 is 1.11 bits per heavy atom. The van der Waals surface area contributed by atoms with E-state index in [0.29, 0.717) is 19.1 Å². The number of aldehydes is 2. The number of nitrogens with two attached hydrogens (primary N) is 2. The molecule has 1 unspecified atom stereocenters. The molecule has 1 rings (SSSR count). The predicted octanol–water partition coefficient (Wildman–Crippen LogP) is 0.993. The number of hydrogen-bond donors (Lipinski definition) is 4. The van der Waals surface area contributed by atoms with Crippen LogP contribution in [0.1, 0.15) is 59.2 Å². The van der Waals surface area contributed by atoms with E-state index < -0.39 is 17.9 Å². The average Bonchev–Trinajstić information content (AvgIpc) is 2.67. The fourth-order valence-corrected chi connectivity index (χ4v) is 2.59. The van der Waals surface area contributed by atoms with Crippen LogP contribution in [0, 0.1) is 0 Å². The number of nitrogens with one attached hydrogen (secondary N) is 2. The van der Waals surface area contributed by atoms with E-state index in [1.165, 1.54) is 6.07 Å². The third kappa shape index (κ3) is 8.00. The van der Waals surface area contributed by atoms with Crippen molar-refractivity contribution >= 4 is 30.1 Å². The van der Waals surface area contributed by atoms with Gasteiger partial charge >= 0.3 is 0 Å². The predicted molar refractivity (Wildman–Crippen MR) is 104 cm³/mol. The summed E-state index contributed by atoms with van der Waals surface area (Å²) in [5.74, 6) is -1.31. The smallest absolute Gasteiger partial charge is 0.252 e. The van der Waals surface area contributed by atoms with Gasteiger partial charge in [0.1, 0.15) is 12.3 Å². The largest absolute Gasteiger partial charge is 0.385 e. The molecule has 0 aliphatic carbocycles. The van der Waals surface area contributed by atoms with Crippen molar-refractivity contribution in [1.29, 1.82) is 0 Å². The van der Waals surface area contributed by atoms with Gasteiger partial charge in [-0.3, -0.25) is 14.4 Å². The number of carbonyl (C=O) groups is 4. The number of rotatable bonds is 14. The van der Waals surface area contributed by atoms with Crippen LogP contribution in [0.25, 0.3) is 0 Å². The molecular formula is C19H28N4O4. The molecule has 27 heavy (non-hydrogen) atoms. The minimum Gasteiger partial charge on any atom is -0.385 e. The zero-order valence-electron chi connectivity index (χ0n) is 15.4. The minimum absolute atomic E-state index is 0.0998. The molecule has 8 heteroatoms. The lowest BCUT2D eigenvalue weighted by Gasteiger charge is -2.15. The summed E-state index contributed by atoms with van der Waals surface area (Å²) < 4.78 is 0. The first-order chi connectivity index (χ1) is 13.0. The van der Waals surface area contributed by atoms with Crippen LogP contribution in [0.15, 0.2) is 18.2 Å². The van der Waals surface area contributed by atoms with E-state index in [9.17, 15) is 19.2 Å². The van der Waals surface area contributed by atoms with E-state index in [1.807, 2.05) is 0 Å². The van der Waals surface area contributed by atoms with Crippen LogP contribution < -0.4 is 22.1 Å². The van der Waals surface area contributed by atoms with Crippen LogP contribution >= 0.6 is 0 Å². The quantitative estimate of drug-likeness (QED) is 0.281. The molecule has 0 fully saturated rings. The molecule has 1 atom stereocenters. The standard InChI is InChI=1S/C19H28N4O4/c20-9-3-1-2-4-10-22-15-7-8-16(14(12-15)13-25)19(27)23-17(18(21)26)6-5-11-24/h7-8,11-13,17,22H,1-6,9-10,20H2,(H2,21,26)(H,23,27). The monoisotopic (exact) mass is 376 g/mol. The first-order valence-electron chi connectivity index (χ1n) is 9.10. The van der Waals surface area contributed by atoms with Gasteiger partial charge in [-0.05, 0) is 44.0 Å². The third-order valence-electron chi connectivity index (χ3n) is 4.11. The third-order valence-corrected chi connectivity index (χ3v) is 4.11. The molecule has 8 nitrogen and oxygen atoms in total. The van der Waals surface area contributed by atoms with Crippen LogP contribution in [0.5, 0.6) is 0 Å². The van der Waals surface area contributed by atoms with Gasteiger partial charge < -0.3 is 26.9 Å². The second-order valence-corrected chi connectivity index (χ2v) is 6.22. The maximum absolute atomic E-state index is 12.4. The fraction of sp³-hybridized carbons (Fsp3) is 0.474. The van der Waals surface area contributed by atoms with Gasteiger partial charge in [0.2, 0.25) is 5.91 Å². The Hall–Kier alpha value is -2.74. The maximum Gasteiger partial charge on any atom is 0.252 e. The molecule has 0 aromatic heterocycles. The Morgan fingerprint density at radius 3 is 2.48 bits per heavy atom.